The van der Waals surface area contributed by atoms with E-state index in [-0.39, 0.29) is 0 Å². The van der Waals surface area contributed by atoms with Crippen LogP contribution < -0.4 is 5.32 Å². The molecule has 1 saturated carbocycles. The lowest BCUT2D eigenvalue weighted by atomic mass is 9.91. The first-order valence-electron chi connectivity index (χ1n) is 7.23. The van der Waals surface area contributed by atoms with Crippen LogP contribution in [0, 0.1) is 0 Å². The Bertz CT molecular complexity index is 607. The fourth-order valence-corrected chi connectivity index (χ4v) is 4.98. The summed E-state index contributed by atoms with van der Waals surface area (Å²) in [5.74, 6) is 0. The van der Waals surface area contributed by atoms with Crippen molar-refractivity contribution in [3.8, 4) is 0 Å². The number of benzene rings is 1. The minimum atomic E-state index is 0.543. The Morgan fingerprint density at radius 2 is 2.05 bits per heavy atom. The van der Waals surface area contributed by atoms with Gasteiger partial charge in [-0.2, -0.15) is 0 Å². The predicted molar refractivity (Wildman–Crippen MR) is 84.5 cm³/mol. The monoisotopic (exact) mass is 303 g/mol. The summed E-state index contributed by atoms with van der Waals surface area (Å²) in [6.45, 7) is 0. The molecule has 1 aromatic carbocycles. The van der Waals surface area contributed by atoms with Gasteiger partial charge in [0.2, 0.25) is 5.13 Å². The normalized spacial score (nSPS) is 21.5. The number of nitrogens with one attached hydrogen (secondary N) is 1. The number of fused-ring (bicyclic) bond motifs is 1. The van der Waals surface area contributed by atoms with E-state index in [4.69, 9.17) is 0 Å². The van der Waals surface area contributed by atoms with Crippen molar-refractivity contribution in [2.75, 3.05) is 5.32 Å². The van der Waals surface area contributed by atoms with Crippen LogP contribution in [0.2, 0.25) is 0 Å². The highest BCUT2D eigenvalue weighted by molar-refractivity contribution is 8.01. The number of anilines is 1. The van der Waals surface area contributed by atoms with Gasteiger partial charge in [0.05, 0.1) is 0 Å². The van der Waals surface area contributed by atoms with Gasteiger partial charge in [0, 0.05) is 11.3 Å². The third-order valence-electron chi connectivity index (χ3n) is 3.87. The van der Waals surface area contributed by atoms with Crippen molar-refractivity contribution in [3.63, 3.8) is 0 Å². The van der Waals surface area contributed by atoms with E-state index in [1.165, 1.54) is 43.2 Å². The van der Waals surface area contributed by atoms with Crippen LogP contribution in [0.4, 0.5) is 5.13 Å². The number of hydrogen-bond donors (Lipinski definition) is 1. The van der Waals surface area contributed by atoms with Crippen LogP contribution >= 0.6 is 23.1 Å². The van der Waals surface area contributed by atoms with E-state index >= 15 is 0 Å². The van der Waals surface area contributed by atoms with E-state index in [1.54, 1.807) is 11.3 Å². The van der Waals surface area contributed by atoms with Crippen molar-refractivity contribution in [1.29, 1.82) is 0 Å². The van der Waals surface area contributed by atoms with Gasteiger partial charge in [-0.05, 0) is 43.2 Å². The van der Waals surface area contributed by atoms with Crippen LogP contribution in [0.1, 0.15) is 42.1 Å². The molecule has 0 bridgehead atoms. The molecule has 0 amide bonds. The quantitative estimate of drug-likeness (QED) is 0.914. The van der Waals surface area contributed by atoms with Crippen molar-refractivity contribution in [2.24, 2.45) is 0 Å². The molecule has 0 saturated heterocycles. The second-order valence-corrected chi connectivity index (χ2v) is 7.92. The lowest BCUT2D eigenvalue weighted by Crippen LogP contribution is -2.06. The fraction of sp³-hybridized carbons (Fsp3) is 0.467. The molecule has 0 radical (unpaired) electrons. The summed E-state index contributed by atoms with van der Waals surface area (Å²) in [5.41, 5.74) is 3.01. The highest BCUT2D eigenvalue weighted by atomic mass is 32.2. The Labute approximate surface area is 127 Å². The molecule has 2 aliphatic rings. The van der Waals surface area contributed by atoms with Gasteiger partial charge in [0.1, 0.15) is 0 Å². The molecule has 0 unspecified atom stereocenters. The molecule has 1 heterocycles. The summed E-state index contributed by atoms with van der Waals surface area (Å²) in [6, 6.07) is 9.49. The van der Waals surface area contributed by atoms with Gasteiger partial charge in [-0.1, -0.05) is 47.4 Å². The predicted octanol–water partition coefficient (Wildman–Crippen LogP) is 4.28. The van der Waals surface area contributed by atoms with Crippen LogP contribution in [-0.2, 0) is 6.42 Å². The molecule has 20 heavy (non-hydrogen) atoms. The average Bonchev–Trinajstić information content (AvgIpc) is 3.18. The Balaban J connectivity index is 1.50. The molecule has 1 N–H and O–H groups in total. The molecule has 0 spiro atoms. The standard InChI is InChI=1S/C15H17N3S2/c1-2-6-12-10(4-1)5-3-7-13(12)19-15-18-17-14(20-15)16-11-8-9-11/h1-2,4,6,11,13H,3,5,7-9H2,(H,16,17)/t13-/m1/s1. The van der Waals surface area contributed by atoms with Crippen LogP contribution in [0.5, 0.6) is 0 Å². The second kappa shape index (κ2) is 5.37. The van der Waals surface area contributed by atoms with Gasteiger partial charge in [-0.15, -0.1) is 10.2 Å². The maximum Gasteiger partial charge on any atom is 0.206 e. The van der Waals surface area contributed by atoms with Crippen LogP contribution in [0.25, 0.3) is 0 Å². The molecule has 5 heteroatoms. The first-order valence-corrected chi connectivity index (χ1v) is 8.92. The molecule has 1 fully saturated rings. The fourth-order valence-electron chi connectivity index (χ4n) is 2.67. The molecule has 1 atom stereocenters. The summed E-state index contributed by atoms with van der Waals surface area (Å²) in [7, 11) is 0. The number of aromatic nitrogens is 2. The maximum absolute atomic E-state index is 4.33. The third kappa shape index (κ3) is 2.69. The van der Waals surface area contributed by atoms with E-state index in [1.807, 2.05) is 11.8 Å². The number of thioether (sulfide) groups is 1. The Hall–Kier alpha value is -1.07. The smallest absolute Gasteiger partial charge is 0.206 e. The number of hydrogen-bond acceptors (Lipinski definition) is 5. The average molecular weight is 303 g/mol. The molecule has 4 rings (SSSR count). The maximum atomic E-state index is 4.33. The molecule has 3 nitrogen and oxygen atoms in total. The van der Waals surface area contributed by atoms with Crippen LogP contribution in [0.3, 0.4) is 0 Å². The van der Waals surface area contributed by atoms with E-state index in [0.29, 0.717) is 11.3 Å². The van der Waals surface area contributed by atoms with E-state index < -0.39 is 0 Å². The molecule has 2 aromatic rings. The SMILES string of the molecule is c1ccc2c(c1)CCC[C@H]2Sc1nnc(NC2CC2)s1. The van der Waals surface area contributed by atoms with Crippen molar-refractivity contribution in [2.45, 2.75) is 47.7 Å². The summed E-state index contributed by atoms with van der Waals surface area (Å²) < 4.78 is 1.09. The van der Waals surface area contributed by atoms with E-state index in [2.05, 4.69) is 39.8 Å². The molecule has 0 aliphatic heterocycles. The molecule has 104 valence electrons. The van der Waals surface area contributed by atoms with E-state index in [9.17, 15) is 0 Å². The summed E-state index contributed by atoms with van der Waals surface area (Å²) in [4.78, 5) is 0. The molecular weight excluding hydrogens is 286 g/mol. The van der Waals surface area contributed by atoms with Gasteiger partial charge in [0.25, 0.3) is 0 Å². The second-order valence-electron chi connectivity index (χ2n) is 5.49. The lowest BCUT2D eigenvalue weighted by molar-refractivity contribution is 0.673. The Morgan fingerprint density at radius 1 is 1.15 bits per heavy atom. The van der Waals surface area contributed by atoms with Gasteiger partial charge in [-0.3, -0.25) is 0 Å². The third-order valence-corrected chi connectivity index (χ3v) is 6.11. The lowest BCUT2D eigenvalue weighted by Gasteiger charge is -2.23. The van der Waals surface area contributed by atoms with E-state index in [0.717, 1.165) is 9.47 Å². The molecule has 1 aromatic heterocycles. The zero-order chi connectivity index (χ0) is 13.4. The van der Waals surface area contributed by atoms with Crippen molar-refractivity contribution in [3.05, 3.63) is 35.4 Å². The van der Waals surface area contributed by atoms with Crippen molar-refractivity contribution in [1.82, 2.24) is 10.2 Å². The number of aryl methyl sites for hydroxylation is 1. The topological polar surface area (TPSA) is 37.8 Å². The largest absolute Gasteiger partial charge is 0.357 e. The highest BCUT2D eigenvalue weighted by Gasteiger charge is 2.24. The minimum absolute atomic E-state index is 0.543. The highest BCUT2D eigenvalue weighted by Crippen LogP contribution is 2.44. The Morgan fingerprint density at radius 3 is 2.95 bits per heavy atom. The minimum Gasteiger partial charge on any atom is -0.357 e. The van der Waals surface area contributed by atoms with Gasteiger partial charge in [0.15, 0.2) is 4.34 Å². The number of rotatable bonds is 4. The summed E-state index contributed by atoms with van der Waals surface area (Å²) in [6.07, 6.45) is 6.29. The Kier molecular flexibility index (Phi) is 3.40. The first-order chi connectivity index (χ1) is 9.88. The van der Waals surface area contributed by atoms with Crippen molar-refractivity contribution < 1.29 is 0 Å². The van der Waals surface area contributed by atoms with Crippen LogP contribution in [-0.4, -0.2) is 16.2 Å². The first kappa shape index (κ1) is 12.7. The molecule has 2 aliphatic carbocycles. The van der Waals surface area contributed by atoms with Gasteiger partial charge >= 0.3 is 0 Å². The van der Waals surface area contributed by atoms with Crippen molar-refractivity contribution >= 4 is 28.2 Å². The van der Waals surface area contributed by atoms with Gasteiger partial charge < -0.3 is 5.32 Å². The summed E-state index contributed by atoms with van der Waals surface area (Å²) >= 11 is 3.58. The zero-order valence-corrected chi connectivity index (χ0v) is 12.8. The molecular formula is C15H17N3S2. The number of nitrogens with zero attached hydrogens (tertiary/aromatic N) is 2. The van der Waals surface area contributed by atoms with Crippen LogP contribution in [0.15, 0.2) is 28.6 Å². The summed E-state index contributed by atoms with van der Waals surface area (Å²) in [5, 5.41) is 13.5. The van der Waals surface area contributed by atoms with Gasteiger partial charge in [-0.25, -0.2) is 0 Å². The zero-order valence-electron chi connectivity index (χ0n) is 11.2.